The summed E-state index contributed by atoms with van der Waals surface area (Å²) in [6.45, 7) is 2.71. The highest BCUT2D eigenvalue weighted by Gasteiger charge is 2.33. The van der Waals surface area contributed by atoms with E-state index in [4.69, 9.17) is 4.74 Å². The third-order valence-electron chi connectivity index (χ3n) is 5.61. The summed E-state index contributed by atoms with van der Waals surface area (Å²) >= 11 is 0. The average molecular weight is 397 g/mol. The fraction of sp³-hybridized carbons (Fsp3) is 0.476. The first-order valence-electron chi connectivity index (χ1n) is 9.81. The van der Waals surface area contributed by atoms with Gasteiger partial charge in [-0.3, -0.25) is 0 Å². The minimum absolute atomic E-state index is 0.212. The maximum atomic E-state index is 12.1. The van der Waals surface area contributed by atoms with E-state index in [1.807, 2.05) is 32.3 Å². The Morgan fingerprint density at radius 1 is 1.28 bits per heavy atom. The molecule has 2 aromatic rings. The van der Waals surface area contributed by atoms with Gasteiger partial charge in [0.1, 0.15) is 18.0 Å². The molecule has 0 saturated carbocycles. The van der Waals surface area contributed by atoms with E-state index in [1.54, 1.807) is 12.4 Å². The third kappa shape index (κ3) is 3.90. The van der Waals surface area contributed by atoms with E-state index in [1.165, 1.54) is 7.11 Å². The van der Waals surface area contributed by atoms with Crippen molar-refractivity contribution in [3.8, 4) is 0 Å². The monoisotopic (exact) mass is 397 g/mol. The van der Waals surface area contributed by atoms with Gasteiger partial charge in [0.05, 0.1) is 18.8 Å². The Kier molecular flexibility index (Phi) is 5.38. The highest BCUT2D eigenvalue weighted by molar-refractivity contribution is 5.91. The highest BCUT2D eigenvalue weighted by atomic mass is 16.5. The topological polar surface area (TPSA) is 82.0 Å². The maximum Gasteiger partial charge on any atom is 0.338 e. The highest BCUT2D eigenvalue weighted by Crippen LogP contribution is 2.32. The molecule has 3 heterocycles. The lowest BCUT2D eigenvalue weighted by Gasteiger charge is -2.28. The van der Waals surface area contributed by atoms with Gasteiger partial charge < -0.3 is 24.5 Å². The van der Waals surface area contributed by atoms with Crippen molar-refractivity contribution < 1.29 is 14.6 Å². The van der Waals surface area contributed by atoms with Crippen LogP contribution in [0, 0.1) is 0 Å². The molecular weight excluding hydrogens is 370 g/mol. The number of carbonyl (C=O) groups is 1. The van der Waals surface area contributed by atoms with Gasteiger partial charge in [0.2, 0.25) is 0 Å². The molecule has 0 unspecified atom stereocenters. The van der Waals surface area contributed by atoms with Crippen molar-refractivity contribution in [1.82, 2.24) is 14.9 Å². The van der Waals surface area contributed by atoms with Gasteiger partial charge in [-0.25, -0.2) is 14.8 Å². The summed E-state index contributed by atoms with van der Waals surface area (Å²) in [5.74, 6) is 1.32. The number of nitrogens with zero attached hydrogens (tertiary/aromatic N) is 5. The number of benzene rings is 1. The number of esters is 1. The molecule has 8 nitrogen and oxygen atoms in total. The van der Waals surface area contributed by atoms with Gasteiger partial charge in [-0.05, 0) is 37.7 Å². The number of aliphatic hydroxyl groups is 1. The van der Waals surface area contributed by atoms with Crippen LogP contribution in [0.3, 0.4) is 0 Å². The lowest BCUT2D eigenvalue weighted by Crippen LogP contribution is -2.38. The Balaban J connectivity index is 1.58. The van der Waals surface area contributed by atoms with Crippen LogP contribution in [0.4, 0.5) is 11.6 Å². The number of ether oxygens (including phenoxy) is 1. The summed E-state index contributed by atoms with van der Waals surface area (Å²) in [6.07, 6.45) is 1.96. The normalized spacial score (nSPS) is 21.0. The molecule has 2 aliphatic rings. The van der Waals surface area contributed by atoms with Gasteiger partial charge in [-0.2, -0.15) is 0 Å². The van der Waals surface area contributed by atoms with Crippen molar-refractivity contribution >= 4 is 17.6 Å². The predicted molar refractivity (Wildman–Crippen MR) is 110 cm³/mol. The zero-order valence-electron chi connectivity index (χ0n) is 17.1. The molecular formula is C21H27N5O3. The zero-order valence-corrected chi connectivity index (χ0v) is 17.1. The van der Waals surface area contributed by atoms with Crippen LogP contribution in [-0.2, 0) is 17.8 Å². The summed E-state index contributed by atoms with van der Waals surface area (Å²) in [6, 6.07) is 7.91. The second-order valence-corrected chi connectivity index (χ2v) is 7.98. The molecule has 0 aliphatic carbocycles. The van der Waals surface area contributed by atoms with E-state index in [2.05, 4.69) is 24.7 Å². The first-order valence-corrected chi connectivity index (χ1v) is 9.81. The fourth-order valence-electron chi connectivity index (χ4n) is 4.32. The van der Waals surface area contributed by atoms with Crippen LogP contribution in [0.25, 0.3) is 0 Å². The molecule has 2 aliphatic heterocycles. The number of likely N-dealkylation sites (N-methyl/N-ethyl adjacent to an activating group) is 1. The van der Waals surface area contributed by atoms with Crippen LogP contribution in [0.1, 0.15) is 27.9 Å². The molecule has 0 radical (unpaired) electrons. The van der Waals surface area contributed by atoms with Crippen molar-refractivity contribution in [2.75, 3.05) is 44.1 Å². The second-order valence-electron chi connectivity index (χ2n) is 7.98. The summed E-state index contributed by atoms with van der Waals surface area (Å²) in [4.78, 5) is 27.5. The molecule has 1 saturated heterocycles. The van der Waals surface area contributed by atoms with Crippen molar-refractivity contribution in [1.29, 1.82) is 0 Å². The number of hydrogen-bond acceptors (Lipinski definition) is 8. The standard InChI is InChI=1S/C21H27N5O3/c1-24(2)10-15-7-16(27)11-26(15)20-8-19(22-13-23-20)25-9-14-5-4-6-17(18(14)12-25)21(28)29-3/h4-6,8,13,15-16,27H,7,9-12H2,1-3H3/t15-,16-/m1/s1. The lowest BCUT2D eigenvalue weighted by atomic mass is 10.0. The van der Waals surface area contributed by atoms with Crippen LogP contribution >= 0.6 is 0 Å². The van der Waals surface area contributed by atoms with Crippen LogP contribution < -0.4 is 9.80 Å². The molecule has 8 heteroatoms. The van der Waals surface area contributed by atoms with Gasteiger partial charge in [-0.1, -0.05) is 12.1 Å². The SMILES string of the molecule is COC(=O)c1cccc2c1CN(c1cc(N3C[C@H](O)C[C@@H]3CN(C)C)ncn1)C2. The maximum absolute atomic E-state index is 12.1. The van der Waals surface area contributed by atoms with Crippen molar-refractivity contribution in [2.24, 2.45) is 0 Å². The van der Waals surface area contributed by atoms with Crippen molar-refractivity contribution in [2.45, 2.75) is 31.7 Å². The van der Waals surface area contributed by atoms with Gasteiger partial charge in [0.15, 0.2) is 0 Å². The number of β-amino-alcohol motifs (C(OH)–C–C–N with tert-alkyl or cyclic N) is 1. The smallest absolute Gasteiger partial charge is 0.338 e. The van der Waals surface area contributed by atoms with Crippen molar-refractivity contribution in [3.63, 3.8) is 0 Å². The zero-order chi connectivity index (χ0) is 20.5. The Morgan fingerprint density at radius 2 is 2.07 bits per heavy atom. The molecule has 154 valence electrons. The average Bonchev–Trinajstić information content (AvgIpc) is 3.30. The summed E-state index contributed by atoms with van der Waals surface area (Å²) in [5, 5.41) is 10.2. The quantitative estimate of drug-likeness (QED) is 0.756. The third-order valence-corrected chi connectivity index (χ3v) is 5.61. The van der Waals surface area contributed by atoms with Gasteiger partial charge in [-0.15, -0.1) is 0 Å². The van der Waals surface area contributed by atoms with Gasteiger partial charge in [0.25, 0.3) is 0 Å². The summed E-state index contributed by atoms with van der Waals surface area (Å²) in [5.41, 5.74) is 2.70. The van der Waals surface area contributed by atoms with Crippen molar-refractivity contribution in [3.05, 3.63) is 47.3 Å². The number of hydrogen-bond donors (Lipinski definition) is 1. The van der Waals surface area contributed by atoms with Crippen LogP contribution in [0.5, 0.6) is 0 Å². The van der Waals surface area contributed by atoms with E-state index in [0.29, 0.717) is 25.2 Å². The van der Waals surface area contributed by atoms with Gasteiger partial charge in [0, 0.05) is 38.3 Å². The van der Waals surface area contributed by atoms with E-state index in [9.17, 15) is 9.90 Å². The number of anilines is 2. The molecule has 0 spiro atoms. The van der Waals surface area contributed by atoms with Crippen LogP contribution in [0.15, 0.2) is 30.6 Å². The molecule has 0 amide bonds. The molecule has 1 N–H and O–H groups in total. The Morgan fingerprint density at radius 3 is 2.83 bits per heavy atom. The first kappa shape index (κ1) is 19.6. The first-order chi connectivity index (χ1) is 14.0. The summed E-state index contributed by atoms with van der Waals surface area (Å²) in [7, 11) is 5.48. The number of rotatable bonds is 5. The number of carbonyl (C=O) groups excluding carboxylic acids is 1. The number of fused-ring (bicyclic) bond motifs is 1. The van der Waals surface area contributed by atoms with Crippen LogP contribution in [-0.4, -0.2) is 72.4 Å². The largest absolute Gasteiger partial charge is 0.465 e. The molecule has 4 rings (SSSR count). The molecule has 29 heavy (non-hydrogen) atoms. The molecule has 1 aromatic heterocycles. The minimum Gasteiger partial charge on any atom is -0.465 e. The van der Waals surface area contributed by atoms with Gasteiger partial charge >= 0.3 is 5.97 Å². The Bertz CT molecular complexity index is 904. The molecule has 1 fully saturated rings. The second kappa shape index (κ2) is 7.96. The molecule has 2 atom stereocenters. The number of aromatic nitrogens is 2. The molecule has 0 bridgehead atoms. The Labute approximate surface area is 170 Å². The summed E-state index contributed by atoms with van der Waals surface area (Å²) < 4.78 is 4.93. The van der Waals surface area contributed by atoms with E-state index in [0.717, 1.165) is 35.7 Å². The van der Waals surface area contributed by atoms with E-state index < -0.39 is 0 Å². The molecule has 1 aromatic carbocycles. The minimum atomic E-state index is -0.350. The number of aliphatic hydroxyl groups excluding tert-OH is 1. The van der Waals surface area contributed by atoms with E-state index >= 15 is 0 Å². The predicted octanol–water partition coefficient (Wildman–Crippen LogP) is 1.28. The fourth-order valence-corrected chi connectivity index (χ4v) is 4.32. The lowest BCUT2D eigenvalue weighted by molar-refractivity contribution is 0.0599. The Hall–Kier alpha value is -2.71. The van der Waals surface area contributed by atoms with E-state index in [-0.39, 0.29) is 18.1 Å². The van der Waals surface area contributed by atoms with Crippen LogP contribution in [0.2, 0.25) is 0 Å². The number of methoxy groups -OCH3 is 1.